The van der Waals surface area contributed by atoms with Crippen molar-refractivity contribution < 1.29 is 0 Å². The molecule has 6 heteroatoms. The molecule has 0 saturated carbocycles. The monoisotopic (exact) mass is 363 g/mol. The molecule has 1 aliphatic heterocycles. The highest BCUT2D eigenvalue weighted by Crippen LogP contribution is 2.15. The highest BCUT2D eigenvalue weighted by Gasteiger charge is 2.18. The first-order chi connectivity index (χ1) is 8.29. The number of H-pyrrole nitrogens is 1. The van der Waals surface area contributed by atoms with Gasteiger partial charge in [0, 0.05) is 26.3 Å². The molecule has 1 saturated heterocycles. The molecule has 5 nitrogen and oxygen atoms in total. The topological polar surface area (TPSA) is 56.3 Å². The van der Waals surface area contributed by atoms with Gasteiger partial charge in [-0.25, -0.2) is 0 Å². The SMILES string of the molecule is CN=C(NCc1ccn[nH]1)N1CCC(C)CC1.I. The minimum Gasteiger partial charge on any atom is -0.351 e. The van der Waals surface area contributed by atoms with E-state index in [-0.39, 0.29) is 24.0 Å². The van der Waals surface area contributed by atoms with Crippen LogP contribution in [0, 0.1) is 5.92 Å². The van der Waals surface area contributed by atoms with Gasteiger partial charge in [0.25, 0.3) is 0 Å². The summed E-state index contributed by atoms with van der Waals surface area (Å²) in [4.78, 5) is 6.66. The van der Waals surface area contributed by atoms with Crippen LogP contribution in [-0.2, 0) is 6.54 Å². The predicted molar refractivity (Wildman–Crippen MR) is 84.2 cm³/mol. The maximum absolute atomic E-state index is 4.33. The summed E-state index contributed by atoms with van der Waals surface area (Å²) in [6, 6.07) is 1.97. The minimum atomic E-state index is 0. The zero-order chi connectivity index (χ0) is 12.1. The fraction of sp³-hybridized carbons (Fsp3) is 0.667. The molecule has 1 fully saturated rings. The lowest BCUT2D eigenvalue weighted by atomic mass is 10.00. The fourth-order valence-electron chi connectivity index (χ4n) is 2.11. The molecule has 1 aromatic heterocycles. The fourth-order valence-corrected chi connectivity index (χ4v) is 2.11. The maximum atomic E-state index is 4.33. The number of aliphatic imine (C=N–C) groups is 1. The summed E-state index contributed by atoms with van der Waals surface area (Å²) >= 11 is 0. The molecule has 18 heavy (non-hydrogen) atoms. The van der Waals surface area contributed by atoms with Crippen molar-refractivity contribution in [1.82, 2.24) is 20.4 Å². The highest BCUT2D eigenvalue weighted by molar-refractivity contribution is 14.0. The Balaban J connectivity index is 0.00000162. The first-order valence-corrected chi connectivity index (χ1v) is 6.23. The van der Waals surface area contributed by atoms with Crippen LogP contribution >= 0.6 is 24.0 Å². The van der Waals surface area contributed by atoms with Gasteiger partial charge in [-0.05, 0) is 24.8 Å². The third kappa shape index (κ3) is 4.15. The third-order valence-corrected chi connectivity index (χ3v) is 3.29. The zero-order valence-corrected chi connectivity index (χ0v) is 13.3. The minimum absolute atomic E-state index is 0. The highest BCUT2D eigenvalue weighted by atomic mass is 127. The Hall–Kier alpha value is -0.790. The van der Waals surface area contributed by atoms with E-state index in [0.717, 1.165) is 37.2 Å². The largest absolute Gasteiger partial charge is 0.351 e. The van der Waals surface area contributed by atoms with Gasteiger partial charge >= 0.3 is 0 Å². The molecule has 1 aliphatic rings. The van der Waals surface area contributed by atoms with E-state index >= 15 is 0 Å². The summed E-state index contributed by atoms with van der Waals surface area (Å²) < 4.78 is 0. The molecule has 0 spiro atoms. The molecule has 2 rings (SSSR count). The van der Waals surface area contributed by atoms with Crippen LogP contribution in [0.1, 0.15) is 25.5 Å². The van der Waals surface area contributed by atoms with Crippen LogP contribution in [0.4, 0.5) is 0 Å². The molecule has 0 bridgehead atoms. The molecule has 0 aromatic carbocycles. The molecule has 0 radical (unpaired) electrons. The van der Waals surface area contributed by atoms with Gasteiger partial charge in [-0.15, -0.1) is 24.0 Å². The van der Waals surface area contributed by atoms with Gasteiger partial charge in [0.1, 0.15) is 0 Å². The number of hydrogen-bond donors (Lipinski definition) is 2. The quantitative estimate of drug-likeness (QED) is 0.479. The molecule has 102 valence electrons. The maximum Gasteiger partial charge on any atom is 0.193 e. The van der Waals surface area contributed by atoms with Crippen molar-refractivity contribution >= 4 is 29.9 Å². The summed E-state index contributed by atoms with van der Waals surface area (Å²) in [5.41, 5.74) is 1.08. The van der Waals surface area contributed by atoms with E-state index in [4.69, 9.17) is 0 Å². The number of likely N-dealkylation sites (tertiary alicyclic amines) is 1. The molecule has 0 aliphatic carbocycles. The second kappa shape index (κ2) is 7.60. The first kappa shape index (κ1) is 15.3. The third-order valence-electron chi connectivity index (χ3n) is 3.29. The number of aromatic nitrogens is 2. The average Bonchev–Trinajstić information content (AvgIpc) is 2.85. The van der Waals surface area contributed by atoms with Crippen LogP contribution in [0.25, 0.3) is 0 Å². The number of rotatable bonds is 2. The summed E-state index contributed by atoms with van der Waals surface area (Å²) in [6.07, 6.45) is 4.28. The normalized spacial score (nSPS) is 17.4. The van der Waals surface area contributed by atoms with Crippen molar-refractivity contribution in [3.8, 4) is 0 Å². The molecule has 0 unspecified atom stereocenters. The van der Waals surface area contributed by atoms with Crippen LogP contribution in [0.3, 0.4) is 0 Å². The van der Waals surface area contributed by atoms with E-state index in [0.29, 0.717) is 0 Å². The van der Waals surface area contributed by atoms with E-state index in [1.54, 1.807) is 6.20 Å². The van der Waals surface area contributed by atoms with Crippen LogP contribution in [0.5, 0.6) is 0 Å². The Morgan fingerprint density at radius 1 is 1.56 bits per heavy atom. The Labute approximate surface area is 125 Å². The predicted octanol–water partition coefficient (Wildman–Crippen LogP) is 1.83. The number of guanidine groups is 1. The standard InChI is InChI=1S/C12H21N5.HI/c1-10-4-7-17(8-5-10)12(13-2)14-9-11-3-6-15-16-11;/h3,6,10H,4-5,7-9H2,1-2H3,(H,13,14)(H,15,16);1H. The van der Waals surface area contributed by atoms with Gasteiger partial charge in [0.15, 0.2) is 5.96 Å². The molecule has 1 aromatic rings. The summed E-state index contributed by atoms with van der Waals surface area (Å²) in [6.45, 7) is 5.27. The van der Waals surface area contributed by atoms with Crippen LogP contribution in [0.2, 0.25) is 0 Å². The number of halogens is 1. The summed E-state index contributed by atoms with van der Waals surface area (Å²) in [5, 5.41) is 10.2. The average molecular weight is 363 g/mol. The van der Waals surface area contributed by atoms with Gasteiger partial charge in [-0.2, -0.15) is 5.10 Å². The zero-order valence-electron chi connectivity index (χ0n) is 11.0. The number of hydrogen-bond acceptors (Lipinski definition) is 2. The van der Waals surface area contributed by atoms with Gasteiger partial charge in [0.2, 0.25) is 0 Å². The van der Waals surface area contributed by atoms with E-state index in [1.807, 2.05) is 13.1 Å². The van der Waals surface area contributed by atoms with Gasteiger partial charge < -0.3 is 10.2 Å². The second-order valence-electron chi connectivity index (χ2n) is 4.65. The molecule has 2 N–H and O–H groups in total. The van der Waals surface area contributed by atoms with Crippen LogP contribution in [0.15, 0.2) is 17.3 Å². The molecule has 0 atom stereocenters. The number of nitrogens with one attached hydrogen (secondary N) is 2. The first-order valence-electron chi connectivity index (χ1n) is 6.23. The Morgan fingerprint density at radius 3 is 2.83 bits per heavy atom. The Bertz CT molecular complexity index is 355. The Kier molecular flexibility index (Phi) is 6.45. The van der Waals surface area contributed by atoms with Crippen LogP contribution in [-0.4, -0.2) is 41.2 Å². The van der Waals surface area contributed by atoms with Crippen molar-refractivity contribution in [2.75, 3.05) is 20.1 Å². The molecular formula is C12H22IN5. The number of aromatic amines is 1. The second-order valence-corrected chi connectivity index (χ2v) is 4.65. The molecule has 0 amide bonds. The van der Waals surface area contributed by atoms with E-state index in [2.05, 4.69) is 32.3 Å². The van der Waals surface area contributed by atoms with E-state index in [1.165, 1.54) is 12.8 Å². The van der Waals surface area contributed by atoms with Gasteiger partial charge in [-0.3, -0.25) is 10.1 Å². The van der Waals surface area contributed by atoms with E-state index < -0.39 is 0 Å². The summed E-state index contributed by atoms with van der Waals surface area (Å²) in [7, 11) is 1.84. The lowest BCUT2D eigenvalue weighted by Crippen LogP contribution is -2.45. The number of piperidine rings is 1. The van der Waals surface area contributed by atoms with Crippen LogP contribution < -0.4 is 5.32 Å². The Morgan fingerprint density at radius 2 is 2.28 bits per heavy atom. The van der Waals surface area contributed by atoms with Crippen molar-refractivity contribution in [3.63, 3.8) is 0 Å². The lowest BCUT2D eigenvalue weighted by Gasteiger charge is -2.32. The molecular weight excluding hydrogens is 341 g/mol. The smallest absolute Gasteiger partial charge is 0.193 e. The van der Waals surface area contributed by atoms with Crippen molar-refractivity contribution in [3.05, 3.63) is 18.0 Å². The van der Waals surface area contributed by atoms with Crippen molar-refractivity contribution in [2.45, 2.75) is 26.3 Å². The number of nitrogens with zero attached hydrogens (tertiary/aromatic N) is 3. The van der Waals surface area contributed by atoms with Crippen molar-refractivity contribution in [2.24, 2.45) is 10.9 Å². The molecule has 2 heterocycles. The van der Waals surface area contributed by atoms with Gasteiger partial charge in [0.05, 0.1) is 12.2 Å². The van der Waals surface area contributed by atoms with E-state index in [9.17, 15) is 0 Å². The van der Waals surface area contributed by atoms with Crippen molar-refractivity contribution in [1.29, 1.82) is 0 Å². The van der Waals surface area contributed by atoms with Gasteiger partial charge in [-0.1, -0.05) is 6.92 Å². The summed E-state index contributed by atoms with van der Waals surface area (Å²) in [5.74, 6) is 1.84. The lowest BCUT2D eigenvalue weighted by molar-refractivity contribution is 0.273.